The molecule has 10 heteroatoms. The van der Waals surface area contributed by atoms with Crippen molar-refractivity contribution in [3.05, 3.63) is 34.9 Å². The fraction of sp³-hybridized carbons (Fsp3) is 0.630. The van der Waals surface area contributed by atoms with Gasteiger partial charge in [0, 0.05) is 13.1 Å². The Bertz CT molecular complexity index is 907. The molecule has 2 unspecified atom stereocenters. The molecule has 0 aromatic heterocycles. The van der Waals surface area contributed by atoms with Crippen LogP contribution in [-0.4, -0.2) is 71.8 Å². The number of nitrogens with zero attached hydrogens (tertiary/aromatic N) is 1. The van der Waals surface area contributed by atoms with Crippen molar-refractivity contribution in [1.29, 1.82) is 0 Å². The summed E-state index contributed by atoms with van der Waals surface area (Å²) in [5.41, 5.74) is 1.46. The summed E-state index contributed by atoms with van der Waals surface area (Å²) in [4.78, 5) is 52.8. The second-order valence-corrected chi connectivity index (χ2v) is 9.82. The van der Waals surface area contributed by atoms with Gasteiger partial charge in [0.2, 0.25) is 11.8 Å². The van der Waals surface area contributed by atoms with E-state index in [1.165, 1.54) is 4.90 Å². The molecule has 0 heterocycles. The molecule has 0 saturated carbocycles. The highest BCUT2D eigenvalue weighted by atomic mass is 16.6. The Hall–Kier alpha value is -3.14. The van der Waals surface area contributed by atoms with Crippen LogP contribution in [-0.2, 0) is 23.9 Å². The summed E-state index contributed by atoms with van der Waals surface area (Å²) in [5.74, 6) is -1.53. The van der Waals surface area contributed by atoms with Crippen molar-refractivity contribution in [2.45, 2.75) is 85.4 Å². The average molecular weight is 522 g/mol. The highest BCUT2D eigenvalue weighted by Crippen LogP contribution is 2.29. The van der Waals surface area contributed by atoms with Crippen molar-refractivity contribution in [3.63, 3.8) is 0 Å². The van der Waals surface area contributed by atoms with Crippen LogP contribution in [0.4, 0.5) is 4.79 Å². The number of esters is 1. The van der Waals surface area contributed by atoms with E-state index in [2.05, 4.69) is 10.6 Å². The van der Waals surface area contributed by atoms with Gasteiger partial charge in [0.25, 0.3) is 0 Å². The lowest BCUT2D eigenvalue weighted by molar-refractivity contribution is -0.144. The molecule has 0 fully saturated rings. The Labute approximate surface area is 220 Å². The summed E-state index contributed by atoms with van der Waals surface area (Å²) in [7, 11) is 0. The first-order chi connectivity index (χ1) is 17.4. The molecule has 1 aromatic carbocycles. The van der Waals surface area contributed by atoms with Crippen molar-refractivity contribution in [3.8, 4) is 0 Å². The van der Waals surface area contributed by atoms with Crippen LogP contribution < -0.4 is 10.6 Å². The third-order valence-electron chi connectivity index (χ3n) is 5.52. The maximum atomic E-state index is 13.7. The van der Waals surface area contributed by atoms with Crippen LogP contribution in [0.5, 0.6) is 0 Å². The first-order valence-electron chi connectivity index (χ1n) is 12.8. The summed E-state index contributed by atoms with van der Waals surface area (Å²) in [6.45, 7) is 12.2. The number of rotatable bonds is 13. The van der Waals surface area contributed by atoms with E-state index in [0.717, 1.165) is 17.5 Å². The van der Waals surface area contributed by atoms with Crippen molar-refractivity contribution < 1.29 is 33.8 Å². The zero-order chi connectivity index (χ0) is 28.2. The van der Waals surface area contributed by atoms with Crippen LogP contribution in [0, 0.1) is 13.8 Å². The molecule has 10 nitrogen and oxygen atoms in total. The third kappa shape index (κ3) is 10.4. The molecular weight excluding hydrogens is 478 g/mol. The lowest BCUT2D eigenvalue weighted by Crippen LogP contribution is -2.54. The standard InChI is InChI=1S/C27H43N3O7/c1-8-10-16-30(25(34)20(17-31)29-26(35)37-27(5,6)7)23(22-18(3)12-11-13-19(22)4)24(33)28-15-14-21(32)36-9-2/h11-13,20,23,31H,8-10,14-17H2,1-7H3,(H,28,33)(H,29,35). The Morgan fingerprint density at radius 3 is 2.22 bits per heavy atom. The summed E-state index contributed by atoms with van der Waals surface area (Å²) < 4.78 is 10.2. The van der Waals surface area contributed by atoms with Gasteiger partial charge in [-0.3, -0.25) is 14.4 Å². The number of amides is 3. The molecule has 2 atom stereocenters. The van der Waals surface area contributed by atoms with Crippen LogP contribution in [0.25, 0.3) is 0 Å². The number of aryl methyl sites for hydroxylation is 2. The van der Waals surface area contributed by atoms with E-state index in [0.29, 0.717) is 12.0 Å². The van der Waals surface area contributed by atoms with Crippen molar-refractivity contribution in [2.75, 3.05) is 26.3 Å². The van der Waals surface area contributed by atoms with Crippen LogP contribution in [0.1, 0.15) is 76.6 Å². The van der Waals surface area contributed by atoms with Crippen molar-refractivity contribution >= 4 is 23.9 Å². The molecule has 0 saturated heterocycles. The molecule has 208 valence electrons. The molecule has 0 bridgehead atoms. The maximum absolute atomic E-state index is 13.7. The van der Waals surface area contributed by atoms with Gasteiger partial charge in [-0.1, -0.05) is 31.5 Å². The Morgan fingerprint density at radius 1 is 1.08 bits per heavy atom. The minimum Gasteiger partial charge on any atom is -0.466 e. The number of hydrogen-bond acceptors (Lipinski definition) is 7. The predicted octanol–water partition coefficient (Wildman–Crippen LogP) is 2.93. The normalized spacial score (nSPS) is 12.8. The smallest absolute Gasteiger partial charge is 0.408 e. The first-order valence-corrected chi connectivity index (χ1v) is 12.8. The Morgan fingerprint density at radius 2 is 1.70 bits per heavy atom. The Kier molecular flexibility index (Phi) is 13.1. The molecule has 0 spiro atoms. The average Bonchev–Trinajstić information content (AvgIpc) is 2.80. The molecule has 0 aliphatic rings. The van der Waals surface area contributed by atoms with E-state index in [9.17, 15) is 24.3 Å². The SMILES string of the molecule is CCCCN(C(=O)C(CO)NC(=O)OC(C)(C)C)C(C(=O)NCCC(=O)OCC)c1c(C)cccc1C. The Balaban J connectivity index is 3.39. The maximum Gasteiger partial charge on any atom is 0.408 e. The molecule has 0 aliphatic carbocycles. The highest BCUT2D eigenvalue weighted by Gasteiger charge is 2.37. The molecule has 1 aromatic rings. The zero-order valence-corrected chi connectivity index (χ0v) is 23.2. The monoisotopic (exact) mass is 521 g/mol. The van der Waals surface area contributed by atoms with Crippen molar-refractivity contribution in [1.82, 2.24) is 15.5 Å². The van der Waals surface area contributed by atoms with E-state index in [-0.39, 0.29) is 26.1 Å². The quantitative estimate of drug-likeness (QED) is 0.340. The number of carbonyl (C=O) groups is 4. The molecular formula is C27H43N3O7. The van der Waals surface area contributed by atoms with Crippen LogP contribution in [0.3, 0.4) is 0 Å². The topological polar surface area (TPSA) is 134 Å². The number of alkyl carbamates (subject to hydrolysis) is 1. The summed E-state index contributed by atoms with van der Waals surface area (Å²) in [6, 6.07) is 3.21. The number of nitrogens with one attached hydrogen (secondary N) is 2. The predicted molar refractivity (Wildman–Crippen MR) is 140 cm³/mol. The molecule has 0 radical (unpaired) electrons. The first kappa shape index (κ1) is 31.9. The third-order valence-corrected chi connectivity index (χ3v) is 5.52. The van der Waals surface area contributed by atoms with Gasteiger partial charge in [0.15, 0.2) is 0 Å². The molecule has 0 aliphatic heterocycles. The number of carbonyl (C=O) groups excluding carboxylic acids is 4. The fourth-order valence-electron chi connectivity index (χ4n) is 3.84. The largest absolute Gasteiger partial charge is 0.466 e. The zero-order valence-electron chi connectivity index (χ0n) is 23.2. The highest BCUT2D eigenvalue weighted by molar-refractivity contribution is 5.92. The lowest BCUT2D eigenvalue weighted by Gasteiger charge is -2.35. The number of hydrogen-bond donors (Lipinski definition) is 3. The van der Waals surface area contributed by atoms with Gasteiger partial charge in [-0.2, -0.15) is 0 Å². The number of aliphatic hydroxyl groups excluding tert-OH is 1. The van der Waals surface area contributed by atoms with E-state index < -0.39 is 48.2 Å². The number of ether oxygens (including phenoxy) is 2. The number of unbranched alkanes of at least 4 members (excludes halogenated alkanes) is 1. The van der Waals surface area contributed by atoms with Gasteiger partial charge in [-0.05, 0) is 64.7 Å². The van der Waals surface area contributed by atoms with Crippen LogP contribution in [0.2, 0.25) is 0 Å². The molecule has 3 N–H and O–H groups in total. The van der Waals surface area contributed by atoms with Gasteiger partial charge in [-0.25, -0.2) is 4.79 Å². The van der Waals surface area contributed by atoms with Gasteiger partial charge < -0.3 is 30.1 Å². The van der Waals surface area contributed by atoms with Gasteiger partial charge >= 0.3 is 12.1 Å². The molecule has 1 rings (SSSR count). The van der Waals surface area contributed by atoms with Crippen molar-refractivity contribution in [2.24, 2.45) is 0 Å². The number of benzene rings is 1. The van der Waals surface area contributed by atoms with E-state index in [4.69, 9.17) is 9.47 Å². The summed E-state index contributed by atoms with van der Waals surface area (Å²) in [6.07, 6.45) is 0.476. The van der Waals surface area contributed by atoms with Gasteiger partial charge in [0.05, 0.1) is 19.6 Å². The fourth-order valence-corrected chi connectivity index (χ4v) is 3.84. The second kappa shape index (κ2) is 15.2. The second-order valence-electron chi connectivity index (χ2n) is 9.82. The van der Waals surface area contributed by atoms with E-state index in [1.54, 1.807) is 27.7 Å². The van der Waals surface area contributed by atoms with E-state index in [1.807, 2.05) is 39.0 Å². The molecule has 3 amide bonds. The van der Waals surface area contributed by atoms with Gasteiger partial charge in [0.1, 0.15) is 17.7 Å². The number of aliphatic hydroxyl groups is 1. The van der Waals surface area contributed by atoms with Gasteiger partial charge in [-0.15, -0.1) is 0 Å². The summed E-state index contributed by atoms with van der Waals surface area (Å²) in [5, 5.41) is 15.2. The minimum absolute atomic E-state index is 0.0125. The van der Waals surface area contributed by atoms with E-state index >= 15 is 0 Å². The molecule has 37 heavy (non-hydrogen) atoms. The minimum atomic E-state index is -1.31. The van der Waals surface area contributed by atoms with Crippen LogP contribution >= 0.6 is 0 Å². The van der Waals surface area contributed by atoms with Crippen LogP contribution in [0.15, 0.2) is 18.2 Å². The summed E-state index contributed by atoms with van der Waals surface area (Å²) >= 11 is 0. The lowest BCUT2D eigenvalue weighted by atomic mass is 9.93.